The molecule has 0 radical (unpaired) electrons. The van der Waals surface area contributed by atoms with Crippen LogP contribution in [0.1, 0.15) is 16.2 Å². The smallest absolute Gasteiger partial charge is 0.354 e. The molecule has 2 rings (SSSR count). The van der Waals surface area contributed by atoms with Crippen molar-refractivity contribution in [3.63, 3.8) is 0 Å². The van der Waals surface area contributed by atoms with Gasteiger partial charge in [0.05, 0.1) is 10.0 Å². The van der Waals surface area contributed by atoms with Crippen LogP contribution in [0.15, 0.2) is 34.3 Å². The van der Waals surface area contributed by atoms with Gasteiger partial charge in [0.15, 0.2) is 10.9 Å². The summed E-state index contributed by atoms with van der Waals surface area (Å²) in [6.07, 6.45) is 0. The first-order valence-corrected chi connectivity index (χ1v) is 6.75. The molecular formula is C12H8Cl2N2O2S. The van der Waals surface area contributed by atoms with E-state index in [0.717, 1.165) is 4.90 Å². The summed E-state index contributed by atoms with van der Waals surface area (Å²) in [4.78, 5) is 19.8. The normalized spacial score (nSPS) is 10.5. The molecule has 0 saturated heterocycles. The molecule has 1 aromatic carbocycles. The van der Waals surface area contributed by atoms with Crippen molar-refractivity contribution in [1.29, 1.82) is 0 Å². The number of aryl methyl sites for hydroxylation is 1. The van der Waals surface area contributed by atoms with E-state index in [9.17, 15) is 4.79 Å². The fourth-order valence-corrected chi connectivity index (χ4v) is 2.56. The van der Waals surface area contributed by atoms with E-state index in [4.69, 9.17) is 28.3 Å². The fraction of sp³-hybridized carbons (Fsp3) is 0.0833. The zero-order valence-corrected chi connectivity index (χ0v) is 12.1. The summed E-state index contributed by atoms with van der Waals surface area (Å²) in [6, 6.07) is 6.53. The Hall–Kier alpha value is -1.30. The zero-order chi connectivity index (χ0) is 14.0. The van der Waals surface area contributed by atoms with E-state index < -0.39 is 5.97 Å². The third-order valence-corrected chi connectivity index (χ3v) is 3.75. The quantitative estimate of drug-likeness (QED) is 0.869. The molecule has 0 fully saturated rings. The number of aromatic carboxylic acids is 1. The lowest BCUT2D eigenvalue weighted by Crippen LogP contribution is -2.03. The maximum atomic E-state index is 10.9. The zero-order valence-electron chi connectivity index (χ0n) is 9.72. The Kier molecular flexibility index (Phi) is 4.29. The summed E-state index contributed by atoms with van der Waals surface area (Å²) in [5.74, 6) is -1.08. The van der Waals surface area contributed by atoms with Crippen LogP contribution in [0.25, 0.3) is 0 Å². The largest absolute Gasteiger partial charge is 0.477 e. The molecule has 1 N–H and O–H groups in total. The number of rotatable bonds is 3. The fourth-order valence-electron chi connectivity index (χ4n) is 1.34. The molecule has 1 aromatic heterocycles. The first-order valence-electron chi connectivity index (χ1n) is 5.17. The van der Waals surface area contributed by atoms with Crippen molar-refractivity contribution < 1.29 is 9.90 Å². The van der Waals surface area contributed by atoms with Gasteiger partial charge in [0.25, 0.3) is 0 Å². The average molecular weight is 315 g/mol. The van der Waals surface area contributed by atoms with Gasteiger partial charge in [-0.1, -0.05) is 23.2 Å². The van der Waals surface area contributed by atoms with Gasteiger partial charge in [-0.3, -0.25) is 0 Å². The summed E-state index contributed by atoms with van der Waals surface area (Å²) < 4.78 is 0. The molecular weight excluding hydrogens is 307 g/mol. The second-order valence-electron chi connectivity index (χ2n) is 3.66. The summed E-state index contributed by atoms with van der Waals surface area (Å²) in [6.45, 7) is 1.72. The molecule has 19 heavy (non-hydrogen) atoms. The predicted molar refractivity (Wildman–Crippen MR) is 74.3 cm³/mol. The van der Waals surface area contributed by atoms with Crippen LogP contribution in [0.4, 0.5) is 0 Å². The number of hydrogen-bond acceptors (Lipinski definition) is 4. The average Bonchev–Trinajstić information content (AvgIpc) is 2.33. The van der Waals surface area contributed by atoms with Crippen molar-refractivity contribution in [3.05, 3.63) is 45.7 Å². The highest BCUT2D eigenvalue weighted by molar-refractivity contribution is 7.99. The van der Waals surface area contributed by atoms with E-state index >= 15 is 0 Å². The topological polar surface area (TPSA) is 63.1 Å². The van der Waals surface area contributed by atoms with E-state index in [1.54, 1.807) is 25.1 Å². The Labute approximate surface area is 123 Å². The summed E-state index contributed by atoms with van der Waals surface area (Å²) >= 11 is 13.0. The highest BCUT2D eigenvalue weighted by atomic mass is 35.5. The molecule has 0 bridgehead atoms. The third kappa shape index (κ3) is 3.59. The lowest BCUT2D eigenvalue weighted by molar-refractivity contribution is 0.0689. The van der Waals surface area contributed by atoms with Crippen LogP contribution in [0, 0.1) is 6.92 Å². The number of nitrogens with zero attached hydrogens (tertiary/aromatic N) is 2. The van der Waals surface area contributed by atoms with Crippen LogP contribution in [0.5, 0.6) is 0 Å². The van der Waals surface area contributed by atoms with Gasteiger partial charge in [-0.2, -0.15) is 0 Å². The second kappa shape index (κ2) is 5.77. The molecule has 0 amide bonds. The van der Waals surface area contributed by atoms with Gasteiger partial charge in [-0.05, 0) is 43.0 Å². The van der Waals surface area contributed by atoms with E-state index in [0.29, 0.717) is 20.9 Å². The number of carboxylic acid groups (broad SMARTS) is 1. The molecule has 98 valence electrons. The number of carboxylic acids is 1. The number of hydrogen-bond donors (Lipinski definition) is 1. The SMILES string of the molecule is Cc1cc(C(=O)O)nc(Sc2ccc(Cl)c(Cl)c2)n1. The Morgan fingerprint density at radius 2 is 1.95 bits per heavy atom. The van der Waals surface area contributed by atoms with Crippen molar-refractivity contribution in [2.75, 3.05) is 0 Å². The molecule has 0 atom stereocenters. The van der Waals surface area contributed by atoms with Gasteiger partial charge in [0.2, 0.25) is 0 Å². The van der Waals surface area contributed by atoms with Gasteiger partial charge in [-0.15, -0.1) is 0 Å². The van der Waals surface area contributed by atoms with E-state index in [2.05, 4.69) is 9.97 Å². The Balaban J connectivity index is 2.32. The Morgan fingerprint density at radius 1 is 1.21 bits per heavy atom. The second-order valence-corrected chi connectivity index (χ2v) is 5.52. The van der Waals surface area contributed by atoms with Crippen LogP contribution < -0.4 is 0 Å². The number of aromatic nitrogens is 2. The third-order valence-electron chi connectivity index (χ3n) is 2.15. The van der Waals surface area contributed by atoms with Crippen molar-refractivity contribution in [2.45, 2.75) is 17.0 Å². The minimum absolute atomic E-state index is 0.0324. The number of carbonyl (C=O) groups is 1. The number of halogens is 2. The van der Waals surface area contributed by atoms with Gasteiger partial charge >= 0.3 is 5.97 Å². The molecule has 4 nitrogen and oxygen atoms in total. The maximum Gasteiger partial charge on any atom is 0.354 e. The van der Waals surface area contributed by atoms with Crippen LogP contribution in [0.3, 0.4) is 0 Å². The number of benzene rings is 1. The first kappa shape index (κ1) is 14.1. The van der Waals surface area contributed by atoms with Crippen LogP contribution in [0.2, 0.25) is 10.0 Å². The van der Waals surface area contributed by atoms with E-state index in [-0.39, 0.29) is 5.69 Å². The van der Waals surface area contributed by atoms with Crippen LogP contribution >= 0.6 is 35.0 Å². The lowest BCUT2D eigenvalue weighted by atomic mass is 10.3. The molecule has 0 saturated carbocycles. The van der Waals surface area contributed by atoms with E-state index in [1.165, 1.54) is 17.8 Å². The first-order chi connectivity index (χ1) is 8.95. The van der Waals surface area contributed by atoms with Gasteiger partial charge < -0.3 is 5.11 Å². The van der Waals surface area contributed by atoms with Crippen molar-refractivity contribution in [2.24, 2.45) is 0 Å². The summed E-state index contributed by atoms with van der Waals surface area (Å²) in [5.41, 5.74) is 0.560. The van der Waals surface area contributed by atoms with Crippen molar-refractivity contribution in [1.82, 2.24) is 9.97 Å². The van der Waals surface area contributed by atoms with E-state index in [1.807, 2.05) is 0 Å². The Morgan fingerprint density at radius 3 is 2.58 bits per heavy atom. The van der Waals surface area contributed by atoms with Gasteiger partial charge in [0.1, 0.15) is 0 Å². The monoisotopic (exact) mass is 314 g/mol. The highest BCUT2D eigenvalue weighted by Crippen LogP contribution is 2.31. The van der Waals surface area contributed by atoms with Gasteiger partial charge in [-0.25, -0.2) is 14.8 Å². The van der Waals surface area contributed by atoms with Crippen LogP contribution in [-0.2, 0) is 0 Å². The predicted octanol–water partition coefficient (Wildman–Crippen LogP) is 3.94. The van der Waals surface area contributed by atoms with Crippen molar-refractivity contribution >= 4 is 40.9 Å². The molecule has 0 unspecified atom stereocenters. The standard InChI is InChI=1S/C12H8Cl2N2O2S/c1-6-4-10(11(17)18)16-12(15-6)19-7-2-3-8(13)9(14)5-7/h2-5H,1H3,(H,17,18). The highest BCUT2D eigenvalue weighted by Gasteiger charge is 2.10. The Bertz CT molecular complexity index is 650. The molecule has 0 spiro atoms. The van der Waals surface area contributed by atoms with Crippen LogP contribution in [-0.4, -0.2) is 21.0 Å². The van der Waals surface area contributed by atoms with Crippen molar-refractivity contribution in [3.8, 4) is 0 Å². The molecule has 0 aliphatic heterocycles. The summed E-state index contributed by atoms with van der Waals surface area (Å²) in [5, 5.41) is 10.2. The van der Waals surface area contributed by atoms with Gasteiger partial charge in [0, 0.05) is 10.6 Å². The minimum Gasteiger partial charge on any atom is -0.477 e. The molecule has 0 aliphatic carbocycles. The summed E-state index contributed by atoms with van der Waals surface area (Å²) in [7, 11) is 0. The minimum atomic E-state index is -1.08. The molecule has 2 aromatic rings. The maximum absolute atomic E-state index is 10.9. The molecule has 1 heterocycles. The molecule has 0 aliphatic rings. The lowest BCUT2D eigenvalue weighted by Gasteiger charge is -2.04. The molecule has 7 heteroatoms.